The topological polar surface area (TPSA) is 135 Å². The molecule has 0 spiro atoms. The van der Waals surface area contributed by atoms with Gasteiger partial charge in [0.1, 0.15) is 23.8 Å². The Hall–Kier alpha value is -1.29. The zero-order valence-electron chi connectivity index (χ0n) is 14.7. The molecule has 2 unspecified atom stereocenters. The van der Waals surface area contributed by atoms with Crippen LogP contribution in [-0.2, 0) is 23.1 Å². The van der Waals surface area contributed by atoms with Gasteiger partial charge in [0.25, 0.3) is 0 Å². The number of hydrogen-bond donors (Lipinski definition) is 2. The second kappa shape index (κ2) is 7.53. The zero-order valence-corrected chi connectivity index (χ0v) is 15.6. The fraction of sp³-hybridized carbons (Fsp3) is 0.714. The minimum Gasteiger partial charge on any atom is -0.383 e. The molecule has 4 atom stereocenters. The Bertz CT molecular complexity index is 725. The van der Waals surface area contributed by atoms with E-state index in [1.807, 2.05) is 6.92 Å². The average molecular weight is 377 g/mol. The van der Waals surface area contributed by atoms with Gasteiger partial charge in [-0.2, -0.15) is 4.98 Å². The Balaban J connectivity index is 2.27. The fourth-order valence-corrected chi connectivity index (χ4v) is 3.33. The quantitative estimate of drug-likeness (QED) is 0.666. The van der Waals surface area contributed by atoms with Crippen LogP contribution in [0, 0.1) is 6.92 Å². The van der Waals surface area contributed by atoms with Gasteiger partial charge in [0.15, 0.2) is 0 Å². The molecule has 0 saturated carbocycles. The van der Waals surface area contributed by atoms with Crippen molar-refractivity contribution in [2.75, 3.05) is 26.1 Å². The minimum atomic E-state index is -4.21. The molecule has 1 aliphatic rings. The molecule has 142 valence electrons. The molecule has 1 aliphatic heterocycles. The summed E-state index contributed by atoms with van der Waals surface area (Å²) in [5, 5.41) is 0. The Morgan fingerprint density at radius 1 is 1.64 bits per heavy atom. The molecule has 1 aromatic rings. The summed E-state index contributed by atoms with van der Waals surface area (Å²) in [6.07, 6.45) is 0.445. The lowest BCUT2D eigenvalue weighted by molar-refractivity contribution is -0.156. The van der Waals surface area contributed by atoms with Crippen molar-refractivity contribution in [1.29, 1.82) is 0 Å². The summed E-state index contributed by atoms with van der Waals surface area (Å²) < 4.78 is 34.2. The van der Waals surface area contributed by atoms with Gasteiger partial charge in [0.2, 0.25) is 0 Å². The summed E-state index contributed by atoms with van der Waals surface area (Å²) in [7, 11) is -3.13. The third-order valence-corrected chi connectivity index (χ3v) is 5.25. The molecule has 2 heterocycles. The van der Waals surface area contributed by atoms with E-state index in [0.29, 0.717) is 12.0 Å². The summed E-state index contributed by atoms with van der Waals surface area (Å²) in [6, 6.07) is 0. The number of ether oxygens (including phenoxy) is 2. The SMILES string of the molecule is CC[C@]1(OC(C)n2cc(C)c(N)nc2=O)COC[C@H]1OP(=O)(O)OC. The maximum absolute atomic E-state index is 12.1. The zero-order chi connectivity index (χ0) is 18.8. The molecule has 0 aliphatic carbocycles. The Morgan fingerprint density at radius 2 is 2.32 bits per heavy atom. The third kappa shape index (κ3) is 4.28. The number of aryl methyl sites for hydroxylation is 1. The first-order chi connectivity index (χ1) is 11.6. The number of nitrogens with two attached hydrogens (primary N) is 1. The van der Waals surface area contributed by atoms with E-state index < -0.39 is 31.4 Å². The van der Waals surface area contributed by atoms with E-state index in [9.17, 15) is 14.3 Å². The van der Waals surface area contributed by atoms with E-state index >= 15 is 0 Å². The fourth-order valence-electron chi connectivity index (χ4n) is 2.67. The second-order valence-electron chi connectivity index (χ2n) is 5.89. The first-order valence-corrected chi connectivity index (χ1v) is 9.31. The average Bonchev–Trinajstić information content (AvgIpc) is 2.93. The van der Waals surface area contributed by atoms with Gasteiger partial charge in [-0.25, -0.2) is 9.36 Å². The van der Waals surface area contributed by atoms with Gasteiger partial charge in [-0.05, 0) is 20.3 Å². The Kier molecular flexibility index (Phi) is 6.03. The highest BCUT2D eigenvalue weighted by molar-refractivity contribution is 7.47. The minimum absolute atomic E-state index is 0.0718. The Morgan fingerprint density at radius 3 is 2.92 bits per heavy atom. The molecule has 10 nitrogen and oxygen atoms in total. The number of aromatic nitrogens is 2. The predicted octanol–water partition coefficient (Wildman–Crippen LogP) is 0.980. The number of nitrogens with zero attached hydrogens (tertiary/aromatic N) is 2. The standard InChI is InChI=1S/C14H24N3O7P/c1-5-14(8-22-7-11(14)24-25(19,20)21-4)23-10(3)17-6-9(2)12(15)16-13(17)18/h6,10-11H,5,7-8H2,1-4H3,(H,19,20)(H2,15,16,18)/t10?,11-,14+/m1/s1. The number of hydrogen-bond acceptors (Lipinski definition) is 8. The predicted molar refractivity (Wildman–Crippen MR) is 89.0 cm³/mol. The van der Waals surface area contributed by atoms with Crippen molar-refractivity contribution in [3.05, 3.63) is 22.2 Å². The number of phosphoric acid groups is 1. The van der Waals surface area contributed by atoms with E-state index in [1.54, 1.807) is 20.0 Å². The van der Waals surface area contributed by atoms with Gasteiger partial charge < -0.3 is 20.1 Å². The van der Waals surface area contributed by atoms with Gasteiger partial charge in [-0.1, -0.05) is 6.92 Å². The van der Waals surface area contributed by atoms with Crippen molar-refractivity contribution in [2.45, 2.75) is 45.1 Å². The first kappa shape index (κ1) is 20.0. The highest BCUT2D eigenvalue weighted by atomic mass is 31.2. The normalized spacial score (nSPS) is 27.2. The maximum atomic E-state index is 12.1. The summed E-state index contributed by atoms with van der Waals surface area (Å²) in [4.78, 5) is 25.4. The van der Waals surface area contributed by atoms with Gasteiger partial charge in [0, 0.05) is 18.9 Å². The van der Waals surface area contributed by atoms with Crippen LogP contribution < -0.4 is 11.4 Å². The molecule has 25 heavy (non-hydrogen) atoms. The van der Waals surface area contributed by atoms with Crippen LogP contribution in [0.2, 0.25) is 0 Å². The molecule has 0 aromatic carbocycles. The molecular weight excluding hydrogens is 353 g/mol. The van der Waals surface area contributed by atoms with Gasteiger partial charge in [0.05, 0.1) is 13.2 Å². The molecule has 0 bridgehead atoms. The smallest absolute Gasteiger partial charge is 0.383 e. The molecule has 11 heteroatoms. The van der Waals surface area contributed by atoms with E-state index in [4.69, 9.17) is 19.7 Å². The number of phosphoric ester groups is 1. The van der Waals surface area contributed by atoms with Crippen LogP contribution in [0.15, 0.2) is 11.0 Å². The van der Waals surface area contributed by atoms with Crippen LogP contribution in [0.4, 0.5) is 5.82 Å². The number of rotatable bonds is 7. The second-order valence-corrected chi connectivity index (χ2v) is 7.41. The van der Waals surface area contributed by atoms with E-state index in [2.05, 4.69) is 9.51 Å². The molecule has 0 amide bonds. The van der Waals surface area contributed by atoms with Crippen LogP contribution in [0.5, 0.6) is 0 Å². The van der Waals surface area contributed by atoms with Crippen molar-refractivity contribution in [3.63, 3.8) is 0 Å². The van der Waals surface area contributed by atoms with Crippen LogP contribution in [0.25, 0.3) is 0 Å². The van der Waals surface area contributed by atoms with Crippen LogP contribution in [0.1, 0.15) is 32.1 Å². The summed E-state index contributed by atoms with van der Waals surface area (Å²) in [5.74, 6) is 0.158. The molecule has 3 N–H and O–H groups in total. The molecule has 1 fully saturated rings. The molecule has 1 saturated heterocycles. The maximum Gasteiger partial charge on any atom is 0.472 e. The molecule has 2 rings (SSSR count). The molecular formula is C14H24N3O7P. The monoisotopic (exact) mass is 377 g/mol. The van der Waals surface area contributed by atoms with E-state index in [0.717, 1.165) is 7.11 Å². The summed E-state index contributed by atoms with van der Waals surface area (Å²) >= 11 is 0. The lowest BCUT2D eigenvalue weighted by atomic mass is 9.97. The van der Waals surface area contributed by atoms with Crippen molar-refractivity contribution >= 4 is 13.6 Å². The summed E-state index contributed by atoms with van der Waals surface area (Å²) in [6.45, 7) is 5.45. The lowest BCUT2D eigenvalue weighted by Crippen LogP contribution is -2.47. The first-order valence-electron chi connectivity index (χ1n) is 7.82. The van der Waals surface area contributed by atoms with Gasteiger partial charge >= 0.3 is 13.5 Å². The van der Waals surface area contributed by atoms with Crippen molar-refractivity contribution < 1.29 is 28.0 Å². The third-order valence-electron chi connectivity index (χ3n) is 4.26. The lowest BCUT2D eigenvalue weighted by Gasteiger charge is -2.35. The van der Waals surface area contributed by atoms with Gasteiger partial charge in [-0.15, -0.1) is 0 Å². The van der Waals surface area contributed by atoms with E-state index in [1.165, 1.54) is 4.57 Å². The van der Waals surface area contributed by atoms with Crippen molar-refractivity contribution in [1.82, 2.24) is 9.55 Å². The number of nitrogen functional groups attached to an aromatic ring is 1. The van der Waals surface area contributed by atoms with Gasteiger partial charge in [-0.3, -0.25) is 13.6 Å². The number of anilines is 1. The van der Waals surface area contributed by atoms with Crippen LogP contribution >= 0.6 is 7.82 Å². The molecule has 0 radical (unpaired) electrons. The van der Waals surface area contributed by atoms with Crippen molar-refractivity contribution in [2.24, 2.45) is 0 Å². The van der Waals surface area contributed by atoms with E-state index in [-0.39, 0.29) is 19.0 Å². The summed E-state index contributed by atoms with van der Waals surface area (Å²) in [5.41, 5.74) is 4.71. The highest BCUT2D eigenvalue weighted by Gasteiger charge is 2.49. The molecule has 1 aromatic heterocycles. The van der Waals surface area contributed by atoms with Crippen molar-refractivity contribution in [3.8, 4) is 0 Å². The van der Waals surface area contributed by atoms with Crippen LogP contribution in [0.3, 0.4) is 0 Å². The highest BCUT2D eigenvalue weighted by Crippen LogP contribution is 2.48. The van der Waals surface area contributed by atoms with Crippen LogP contribution in [-0.4, -0.2) is 46.5 Å². The Labute approximate surface area is 145 Å². The largest absolute Gasteiger partial charge is 0.472 e.